The van der Waals surface area contributed by atoms with Gasteiger partial charge in [0.2, 0.25) is 5.91 Å². The number of benzene rings is 2. The summed E-state index contributed by atoms with van der Waals surface area (Å²) in [5, 5.41) is 2.84. The number of nitrogens with two attached hydrogens (primary N) is 1. The molecule has 3 N–H and O–H groups in total. The molecule has 0 fully saturated rings. The lowest BCUT2D eigenvalue weighted by Crippen LogP contribution is -2.13. The third-order valence-corrected chi connectivity index (χ3v) is 3.22. The van der Waals surface area contributed by atoms with Crippen LogP contribution in [-0.2, 0) is 11.2 Å². The Balaban J connectivity index is 1.97. The maximum atomic E-state index is 12.0. The predicted octanol–water partition coefficient (Wildman–Crippen LogP) is 3.16. The van der Waals surface area contributed by atoms with Gasteiger partial charge in [-0.1, -0.05) is 29.8 Å². The quantitative estimate of drug-likeness (QED) is 0.829. The number of methoxy groups -OCH3 is 1. The highest BCUT2D eigenvalue weighted by Crippen LogP contribution is 2.26. The Kier molecular flexibility index (Phi) is 4.82. The molecule has 0 unspecified atom stereocenters. The van der Waals surface area contributed by atoms with Crippen LogP contribution in [0.25, 0.3) is 0 Å². The molecule has 0 aliphatic heterocycles. The lowest BCUT2D eigenvalue weighted by atomic mass is 10.1. The minimum atomic E-state index is -0.0552. The van der Waals surface area contributed by atoms with Crippen molar-refractivity contribution in [2.75, 3.05) is 18.2 Å². The molecule has 0 aliphatic carbocycles. The number of aryl methyl sites for hydroxylation is 2. The van der Waals surface area contributed by atoms with Crippen molar-refractivity contribution < 1.29 is 9.53 Å². The summed E-state index contributed by atoms with van der Waals surface area (Å²) in [4.78, 5) is 12.0. The molecule has 0 saturated heterocycles. The molecule has 0 atom stereocenters. The summed E-state index contributed by atoms with van der Waals surface area (Å²) in [6.45, 7) is 2.04. The fourth-order valence-corrected chi connectivity index (χ4v) is 2.16. The van der Waals surface area contributed by atoms with E-state index in [4.69, 9.17) is 10.5 Å². The van der Waals surface area contributed by atoms with E-state index in [0.717, 1.165) is 5.56 Å². The molecule has 4 nitrogen and oxygen atoms in total. The lowest BCUT2D eigenvalue weighted by Gasteiger charge is -2.11. The minimum Gasteiger partial charge on any atom is -0.495 e. The van der Waals surface area contributed by atoms with Gasteiger partial charge in [-0.05, 0) is 37.1 Å². The molecule has 0 radical (unpaired) electrons. The topological polar surface area (TPSA) is 64.3 Å². The van der Waals surface area contributed by atoms with Crippen LogP contribution < -0.4 is 15.8 Å². The van der Waals surface area contributed by atoms with Gasteiger partial charge in [0, 0.05) is 12.1 Å². The third-order valence-electron chi connectivity index (χ3n) is 3.22. The monoisotopic (exact) mass is 284 g/mol. The average molecular weight is 284 g/mol. The molecule has 0 aliphatic rings. The van der Waals surface area contributed by atoms with Gasteiger partial charge in [0.25, 0.3) is 0 Å². The molecule has 4 heteroatoms. The van der Waals surface area contributed by atoms with E-state index in [1.807, 2.05) is 25.1 Å². The number of anilines is 2. The van der Waals surface area contributed by atoms with Crippen LogP contribution in [0.1, 0.15) is 17.5 Å². The highest BCUT2D eigenvalue weighted by atomic mass is 16.5. The molecule has 0 aromatic heterocycles. The van der Waals surface area contributed by atoms with E-state index in [0.29, 0.717) is 30.0 Å². The van der Waals surface area contributed by atoms with E-state index in [9.17, 15) is 4.79 Å². The summed E-state index contributed by atoms with van der Waals surface area (Å²) in [5.41, 5.74) is 9.28. The summed E-state index contributed by atoms with van der Waals surface area (Å²) in [6.07, 6.45) is 1.12. The second-order valence-corrected chi connectivity index (χ2v) is 5.00. The smallest absolute Gasteiger partial charge is 0.224 e. The summed E-state index contributed by atoms with van der Waals surface area (Å²) >= 11 is 0. The van der Waals surface area contributed by atoms with Gasteiger partial charge in [-0.15, -0.1) is 0 Å². The number of hydrogen-bond donors (Lipinski definition) is 2. The molecule has 0 saturated carbocycles. The van der Waals surface area contributed by atoms with Crippen LogP contribution >= 0.6 is 0 Å². The maximum absolute atomic E-state index is 12.0. The van der Waals surface area contributed by atoms with Crippen LogP contribution in [0.15, 0.2) is 42.5 Å². The van der Waals surface area contributed by atoms with Crippen molar-refractivity contribution in [2.24, 2.45) is 0 Å². The van der Waals surface area contributed by atoms with Gasteiger partial charge in [-0.3, -0.25) is 4.79 Å². The molecular weight excluding hydrogens is 264 g/mol. The maximum Gasteiger partial charge on any atom is 0.224 e. The molecule has 2 aromatic rings. The number of carbonyl (C=O) groups is 1. The number of amides is 1. The first-order valence-corrected chi connectivity index (χ1v) is 6.87. The fourth-order valence-electron chi connectivity index (χ4n) is 2.16. The summed E-state index contributed by atoms with van der Waals surface area (Å²) in [5.74, 6) is 0.550. The molecule has 1 amide bonds. The largest absolute Gasteiger partial charge is 0.495 e. The van der Waals surface area contributed by atoms with Gasteiger partial charge < -0.3 is 15.8 Å². The molecule has 21 heavy (non-hydrogen) atoms. The third kappa shape index (κ3) is 4.24. The first-order valence-electron chi connectivity index (χ1n) is 6.87. The van der Waals surface area contributed by atoms with Crippen molar-refractivity contribution >= 4 is 17.3 Å². The second-order valence-electron chi connectivity index (χ2n) is 5.00. The van der Waals surface area contributed by atoms with Gasteiger partial charge in [0.15, 0.2) is 0 Å². The van der Waals surface area contributed by atoms with E-state index in [1.165, 1.54) is 5.56 Å². The zero-order valence-corrected chi connectivity index (χ0v) is 12.3. The van der Waals surface area contributed by atoms with Crippen LogP contribution in [0.3, 0.4) is 0 Å². The van der Waals surface area contributed by atoms with Crippen molar-refractivity contribution in [3.05, 3.63) is 53.6 Å². The van der Waals surface area contributed by atoms with Gasteiger partial charge in [0.05, 0.1) is 12.8 Å². The molecule has 110 valence electrons. The van der Waals surface area contributed by atoms with Crippen LogP contribution in [0.5, 0.6) is 5.75 Å². The Labute approximate surface area is 124 Å². The summed E-state index contributed by atoms with van der Waals surface area (Å²) in [7, 11) is 1.56. The van der Waals surface area contributed by atoms with Crippen LogP contribution in [-0.4, -0.2) is 13.0 Å². The first kappa shape index (κ1) is 14.9. The van der Waals surface area contributed by atoms with Crippen molar-refractivity contribution in [2.45, 2.75) is 19.8 Å². The number of nitrogen functional groups attached to an aromatic ring is 1. The standard InChI is InChI=1S/C17H20N2O2/c1-12-4-3-5-13(10-12)6-9-17(20)19-15-11-14(18)7-8-16(15)21-2/h3-5,7-8,10-11H,6,9,18H2,1-2H3,(H,19,20). The molecular formula is C17H20N2O2. The zero-order valence-electron chi connectivity index (χ0n) is 12.3. The second kappa shape index (κ2) is 6.79. The van der Waals surface area contributed by atoms with Crippen molar-refractivity contribution in [3.63, 3.8) is 0 Å². The lowest BCUT2D eigenvalue weighted by molar-refractivity contribution is -0.116. The van der Waals surface area contributed by atoms with Crippen LogP contribution in [0, 0.1) is 6.92 Å². The summed E-state index contributed by atoms with van der Waals surface area (Å²) < 4.78 is 5.21. The number of nitrogens with one attached hydrogen (secondary N) is 1. The fraction of sp³-hybridized carbons (Fsp3) is 0.235. The van der Waals surface area contributed by atoms with E-state index in [1.54, 1.807) is 25.3 Å². The minimum absolute atomic E-state index is 0.0552. The van der Waals surface area contributed by atoms with E-state index in [-0.39, 0.29) is 5.91 Å². The van der Waals surface area contributed by atoms with Gasteiger partial charge >= 0.3 is 0 Å². The van der Waals surface area contributed by atoms with Crippen LogP contribution in [0.2, 0.25) is 0 Å². The Hall–Kier alpha value is -2.49. The van der Waals surface area contributed by atoms with E-state index in [2.05, 4.69) is 11.4 Å². The molecule has 0 heterocycles. The molecule has 2 aromatic carbocycles. The Bertz CT molecular complexity index is 638. The van der Waals surface area contributed by atoms with Crippen molar-refractivity contribution in [1.82, 2.24) is 0 Å². The normalized spacial score (nSPS) is 10.2. The Morgan fingerprint density at radius 3 is 2.76 bits per heavy atom. The molecule has 0 bridgehead atoms. The van der Waals surface area contributed by atoms with E-state index < -0.39 is 0 Å². The highest BCUT2D eigenvalue weighted by Gasteiger charge is 2.08. The van der Waals surface area contributed by atoms with Crippen molar-refractivity contribution in [3.8, 4) is 5.75 Å². The average Bonchev–Trinajstić information content (AvgIpc) is 2.45. The molecule has 2 rings (SSSR count). The Morgan fingerprint density at radius 2 is 2.05 bits per heavy atom. The summed E-state index contributed by atoms with van der Waals surface area (Å²) in [6, 6.07) is 13.3. The zero-order chi connectivity index (χ0) is 15.2. The van der Waals surface area contributed by atoms with Crippen molar-refractivity contribution in [1.29, 1.82) is 0 Å². The Morgan fingerprint density at radius 1 is 1.24 bits per heavy atom. The highest BCUT2D eigenvalue weighted by molar-refractivity contribution is 5.93. The predicted molar refractivity (Wildman–Crippen MR) is 85.5 cm³/mol. The first-order chi connectivity index (χ1) is 10.1. The van der Waals surface area contributed by atoms with E-state index >= 15 is 0 Å². The van der Waals surface area contributed by atoms with Gasteiger partial charge in [0.1, 0.15) is 5.75 Å². The van der Waals surface area contributed by atoms with Gasteiger partial charge in [-0.25, -0.2) is 0 Å². The SMILES string of the molecule is COc1ccc(N)cc1NC(=O)CCc1cccc(C)c1. The van der Waals surface area contributed by atoms with Gasteiger partial charge in [-0.2, -0.15) is 0 Å². The van der Waals surface area contributed by atoms with Crippen LogP contribution in [0.4, 0.5) is 11.4 Å². The number of hydrogen-bond acceptors (Lipinski definition) is 3. The molecule has 0 spiro atoms. The number of rotatable bonds is 5. The number of carbonyl (C=O) groups excluding carboxylic acids is 1. The number of ether oxygens (including phenoxy) is 1.